The second kappa shape index (κ2) is 6.03. The van der Waals surface area contributed by atoms with Gasteiger partial charge in [0.05, 0.1) is 6.61 Å². The molecule has 5 heteroatoms. The Morgan fingerprint density at radius 1 is 1.19 bits per heavy atom. The minimum atomic E-state index is -0.700. The van der Waals surface area contributed by atoms with E-state index >= 15 is 0 Å². The van der Waals surface area contributed by atoms with E-state index in [1.54, 1.807) is 11.8 Å². The molecule has 2 aromatic rings. The van der Waals surface area contributed by atoms with E-state index in [0.717, 1.165) is 5.75 Å². The molecule has 1 atom stereocenters. The predicted molar refractivity (Wildman–Crippen MR) is 79.7 cm³/mol. The number of nitrogens with two attached hydrogens (primary N) is 1. The summed E-state index contributed by atoms with van der Waals surface area (Å²) in [6.07, 6.45) is 0. The molecule has 1 unspecified atom stereocenters. The Kier molecular flexibility index (Phi) is 4.12. The molecule has 21 heavy (non-hydrogen) atoms. The van der Waals surface area contributed by atoms with E-state index in [-0.39, 0.29) is 24.8 Å². The van der Waals surface area contributed by atoms with Gasteiger partial charge in [0.15, 0.2) is 17.4 Å². The van der Waals surface area contributed by atoms with Crippen LogP contribution in [-0.2, 0) is 6.54 Å². The maximum absolute atomic E-state index is 13.8. The van der Waals surface area contributed by atoms with Gasteiger partial charge in [-0.3, -0.25) is 0 Å². The van der Waals surface area contributed by atoms with Gasteiger partial charge in [-0.25, -0.2) is 8.78 Å². The molecule has 0 bridgehead atoms. The normalized spacial score (nSPS) is 16.8. The third-order valence-corrected chi connectivity index (χ3v) is 4.77. The van der Waals surface area contributed by atoms with Crippen molar-refractivity contribution in [1.29, 1.82) is 0 Å². The number of hydrogen-bond acceptors (Lipinski definition) is 3. The zero-order valence-corrected chi connectivity index (χ0v) is 12.1. The van der Waals surface area contributed by atoms with Gasteiger partial charge in [0, 0.05) is 23.1 Å². The maximum Gasteiger partial charge on any atom is 0.190 e. The molecule has 0 saturated heterocycles. The molecule has 2 aromatic carbocycles. The van der Waals surface area contributed by atoms with Crippen molar-refractivity contribution >= 4 is 11.8 Å². The predicted octanol–water partition coefficient (Wildman–Crippen LogP) is 3.69. The maximum atomic E-state index is 13.8. The van der Waals surface area contributed by atoms with Crippen molar-refractivity contribution in [3.8, 4) is 5.75 Å². The first-order valence-corrected chi connectivity index (χ1v) is 7.70. The van der Waals surface area contributed by atoms with Crippen LogP contribution in [0.25, 0.3) is 0 Å². The summed E-state index contributed by atoms with van der Waals surface area (Å²) in [6, 6.07) is 10.5. The molecule has 1 aliphatic heterocycles. The van der Waals surface area contributed by atoms with Gasteiger partial charge < -0.3 is 10.5 Å². The molecule has 1 heterocycles. The van der Waals surface area contributed by atoms with Crippen molar-refractivity contribution in [2.75, 3.05) is 12.4 Å². The molecule has 2 nitrogen and oxygen atoms in total. The Morgan fingerprint density at radius 2 is 1.90 bits per heavy atom. The monoisotopic (exact) mass is 307 g/mol. The van der Waals surface area contributed by atoms with Crippen molar-refractivity contribution in [3.05, 3.63) is 59.2 Å². The summed E-state index contributed by atoms with van der Waals surface area (Å²) >= 11 is 1.74. The fourth-order valence-electron chi connectivity index (χ4n) is 2.42. The number of benzene rings is 2. The fourth-order valence-corrected chi connectivity index (χ4v) is 3.65. The minimum Gasteiger partial charge on any atom is -0.487 e. The Balaban J connectivity index is 1.75. The zero-order chi connectivity index (χ0) is 14.8. The summed E-state index contributed by atoms with van der Waals surface area (Å²) in [7, 11) is 0. The first-order valence-electron chi connectivity index (χ1n) is 6.71. The highest BCUT2D eigenvalue weighted by Crippen LogP contribution is 2.39. The standard InChI is InChI=1S/C16H15F2NOS/c17-13-5-10(7-19)6-14(18)16(13)20-8-11-9-21-15-4-2-1-3-12(11)15/h1-6,11H,7-9,19H2. The summed E-state index contributed by atoms with van der Waals surface area (Å²) in [5, 5.41) is 0. The van der Waals surface area contributed by atoms with Crippen LogP contribution in [0.2, 0.25) is 0 Å². The Morgan fingerprint density at radius 3 is 2.62 bits per heavy atom. The van der Waals surface area contributed by atoms with Crippen LogP contribution < -0.4 is 10.5 Å². The molecule has 0 saturated carbocycles. The average molecular weight is 307 g/mol. The fraction of sp³-hybridized carbons (Fsp3) is 0.250. The van der Waals surface area contributed by atoms with Crippen molar-refractivity contribution < 1.29 is 13.5 Å². The van der Waals surface area contributed by atoms with E-state index in [4.69, 9.17) is 10.5 Å². The van der Waals surface area contributed by atoms with Crippen LogP contribution in [0.4, 0.5) is 8.78 Å². The van der Waals surface area contributed by atoms with Gasteiger partial charge in [-0.2, -0.15) is 0 Å². The number of halogens is 2. The van der Waals surface area contributed by atoms with Crippen LogP contribution >= 0.6 is 11.8 Å². The molecule has 0 amide bonds. The van der Waals surface area contributed by atoms with Gasteiger partial charge in [0.2, 0.25) is 0 Å². The molecule has 110 valence electrons. The summed E-state index contributed by atoms with van der Waals surface area (Å²) in [6.45, 7) is 0.362. The molecule has 0 fully saturated rings. The molecule has 2 N–H and O–H groups in total. The zero-order valence-electron chi connectivity index (χ0n) is 11.3. The Hall–Kier alpha value is -1.59. The topological polar surface area (TPSA) is 35.2 Å². The van der Waals surface area contributed by atoms with Crippen molar-refractivity contribution in [1.82, 2.24) is 0 Å². The van der Waals surface area contributed by atoms with E-state index in [2.05, 4.69) is 6.07 Å². The molecule has 0 aromatic heterocycles. The minimum absolute atomic E-state index is 0.0980. The molecular formula is C16H15F2NOS. The van der Waals surface area contributed by atoms with Crippen LogP contribution in [0.1, 0.15) is 17.0 Å². The van der Waals surface area contributed by atoms with Crippen molar-refractivity contribution in [2.24, 2.45) is 5.73 Å². The smallest absolute Gasteiger partial charge is 0.190 e. The highest BCUT2D eigenvalue weighted by atomic mass is 32.2. The highest BCUT2D eigenvalue weighted by Gasteiger charge is 2.24. The lowest BCUT2D eigenvalue weighted by atomic mass is 10.0. The largest absolute Gasteiger partial charge is 0.487 e. The van der Waals surface area contributed by atoms with Crippen LogP contribution in [0.15, 0.2) is 41.3 Å². The van der Waals surface area contributed by atoms with E-state index in [0.29, 0.717) is 5.56 Å². The molecule has 0 radical (unpaired) electrons. The van der Waals surface area contributed by atoms with Crippen LogP contribution in [0, 0.1) is 11.6 Å². The van der Waals surface area contributed by atoms with Crippen LogP contribution in [-0.4, -0.2) is 12.4 Å². The van der Waals surface area contributed by atoms with Gasteiger partial charge in [-0.1, -0.05) is 18.2 Å². The summed E-state index contributed by atoms with van der Waals surface area (Å²) in [5.41, 5.74) is 6.99. The number of thioether (sulfide) groups is 1. The van der Waals surface area contributed by atoms with Gasteiger partial charge in [-0.05, 0) is 29.3 Å². The number of rotatable bonds is 4. The Bertz CT molecular complexity index is 639. The summed E-state index contributed by atoms with van der Waals surface area (Å²) in [4.78, 5) is 1.21. The van der Waals surface area contributed by atoms with Gasteiger partial charge in [0.25, 0.3) is 0 Å². The Labute approximate surface area is 126 Å². The van der Waals surface area contributed by atoms with E-state index < -0.39 is 11.6 Å². The van der Waals surface area contributed by atoms with E-state index in [1.165, 1.54) is 22.6 Å². The molecule has 3 rings (SSSR count). The summed E-state index contributed by atoms with van der Waals surface area (Å²) < 4.78 is 33.1. The lowest BCUT2D eigenvalue weighted by Gasteiger charge is -2.14. The third-order valence-electron chi connectivity index (χ3n) is 3.52. The molecule has 0 aliphatic carbocycles. The van der Waals surface area contributed by atoms with Crippen molar-refractivity contribution in [2.45, 2.75) is 17.4 Å². The van der Waals surface area contributed by atoms with Gasteiger partial charge in [0.1, 0.15) is 0 Å². The second-order valence-electron chi connectivity index (χ2n) is 4.95. The summed E-state index contributed by atoms with van der Waals surface area (Å²) in [5.74, 6) is -0.701. The number of fused-ring (bicyclic) bond motifs is 1. The van der Waals surface area contributed by atoms with Crippen LogP contribution in [0.3, 0.4) is 0 Å². The number of hydrogen-bond donors (Lipinski definition) is 1. The quantitative estimate of drug-likeness (QED) is 0.935. The molecule has 0 spiro atoms. The van der Waals surface area contributed by atoms with E-state index in [1.807, 2.05) is 18.2 Å². The van der Waals surface area contributed by atoms with Gasteiger partial charge >= 0.3 is 0 Å². The molecule has 1 aliphatic rings. The first-order chi connectivity index (χ1) is 10.2. The first kappa shape index (κ1) is 14.4. The number of ether oxygens (including phenoxy) is 1. The van der Waals surface area contributed by atoms with Crippen LogP contribution in [0.5, 0.6) is 5.75 Å². The highest BCUT2D eigenvalue weighted by molar-refractivity contribution is 7.99. The second-order valence-corrected chi connectivity index (χ2v) is 6.01. The lowest BCUT2D eigenvalue weighted by Crippen LogP contribution is -2.12. The average Bonchev–Trinajstić information content (AvgIpc) is 2.89. The SMILES string of the molecule is NCc1cc(F)c(OCC2CSc3ccccc32)c(F)c1. The van der Waals surface area contributed by atoms with E-state index in [9.17, 15) is 8.78 Å². The van der Waals surface area contributed by atoms with Gasteiger partial charge in [-0.15, -0.1) is 11.8 Å². The molecular weight excluding hydrogens is 292 g/mol. The lowest BCUT2D eigenvalue weighted by molar-refractivity contribution is 0.269. The third kappa shape index (κ3) is 2.89. The van der Waals surface area contributed by atoms with Crippen molar-refractivity contribution in [3.63, 3.8) is 0 Å².